The van der Waals surface area contributed by atoms with Gasteiger partial charge in [0.15, 0.2) is 0 Å². The van der Waals surface area contributed by atoms with Gasteiger partial charge in [0.05, 0.1) is 24.6 Å². The van der Waals surface area contributed by atoms with E-state index >= 15 is 0 Å². The standard InChI is InChI=1S/C15H21N3O4S/c1-5-22-15(20)11-8(2)10-13(19)17-12(18-14(10)23-11)9(3)16-6-7-21-4/h9,16H,5-7H2,1-4H3,(H,17,18,19)/t9-/m0/s1. The number of methoxy groups -OCH3 is 1. The molecular formula is C15H21N3O4S. The van der Waals surface area contributed by atoms with Crippen molar-refractivity contribution in [3.8, 4) is 0 Å². The molecule has 2 rings (SSSR count). The second-order valence-electron chi connectivity index (χ2n) is 5.08. The van der Waals surface area contributed by atoms with E-state index in [2.05, 4.69) is 15.3 Å². The Labute approximate surface area is 138 Å². The highest BCUT2D eigenvalue weighted by Gasteiger charge is 2.21. The highest BCUT2D eigenvalue weighted by atomic mass is 32.1. The van der Waals surface area contributed by atoms with E-state index < -0.39 is 5.97 Å². The average Bonchev–Trinajstić information content (AvgIpc) is 2.85. The van der Waals surface area contributed by atoms with Gasteiger partial charge in [0.25, 0.3) is 5.56 Å². The van der Waals surface area contributed by atoms with E-state index in [0.29, 0.717) is 46.2 Å². The van der Waals surface area contributed by atoms with Gasteiger partial charge >= 0.3 is 5.97 Å². The van der Waals surface area contributed by atoms with Crippen LogP contribution in [0.4, 0.5) is 0 Å². The quantitative estimate of drug-likeness (QED) is 0.590. The van der Waals surface area contributed by atoms with E-state index in [9.17, 15) is 9.59 Å². The molecule has 126 valence electrons. The van der Waals surface area contributed by atoms with Crippen molar-refractivity contribution in [1.82, 2.24) is 15.3 Å². The van der Waals surface area contributed by atoms with Gasteiger partial charge in [-0.2, -0.15) is 0 Å². The van der Waals surface area contributed by atoms with Crippen LogP contribution < -0.4 is 10.9 Å². The van der Waals surface area contributed by atoms with Crippen LogP contribution in [-0.4, -0.2) is 42.8 Å². The van der Waals surface area contributed by atoms with Crippen LogP contribution in [0.1, 0.15) is 40.9 Å². The number of aromatic amines is 1. The minimum atomic E-state index is -0.416. The van der Waals surface area contributed by atoms with Crippen molar-refractivity contribution >= 4 is 27.5 Å². The number of thiophene rings is 1. The molecule has 2 heterocycles. The maximum atomic E-state index is 12.4. The van der Waals surface area contributed by atoms with Gasteiger partial charge in [-0.25, -0.2) is 9.78 Å². The van der Waals surface area contributed by atoms with Crippen molar-refractivity contribution < 1.29 is 14.3 Å². The third-order valence-electron chi connectivity index (χ3n) is 3.45. The Balaban J connectivity index is 2.38. The zero-order valence-electron chi connectivity index (χ0n) is 13.7. The first-order valence-corrected chi connectivity index (χ1v) is 8.24. The van der Waals surface area contributed by atoms with Crippen LogP contribution in [0, 0.1) is 6.92 Å². The van der Waals surface area contributed by atoms with Crippen molar-refractivity contribution in [3.63, 3.8) is 0 Å². The Bertz CT molecular complexity index is 753. The number of rotatable bonds is 7. The molecule has 0 bridgehead atoms. The number of hydrogen-bond donors (Lipinski definition) is 2. The number of fused-ring (bicyclic) bond motifs is 1. The normalized spacial score (nSPS) is 12.5. The molecule has 2 aromatic heterocycles. The van der Waals surface area contributed by atoms with E-state index in [4.69, 9.17) is 9.47 Å². The lowest BCUT2D eigenvalue weighted by Crippen LogP contribution is -2.26. The molecule has 0 aliphatic rings. The molecule has 0 fully saturated rings. The molecule has 7 nitrogen and oxygen atoms in total. The number of nitrogens with zero attached hydrogens (tertiary/aromatic N) is 1. The van der Waals surface area contributed by atoms with E-state index in [-0.39, 0.29) is 11.6 Å². The highest BCUT2D eigenvalue weighted by molar-refractivity contribution is 7.20. The summed E-state index contributed by atoms with van der Waals surface area (Å²) < 4.78 is 10.0. The summed E-state index contributed by atoms with van der Waals surface area (Å²) in [5.74, 6) is 0.121. The summed E-state index contributed by atoms with van der Waals surface area (Å²) in [6.07, 6.45) is 0. The first-order valence-electron chi connectivity index (χ1n) is 7.42. The minimum absolute atomic E-state index is 0.129. The fraction of sp³-hybridized carbons (Fsp3) is 0.533. The van der Waals surface area contributed by atoms with E-state index in [1.54, 1.807) is 21.0 Å². The number of hydrogen-bond acceptors (Lipinski definition) is 7. The number of aromatic nitrogens is 2. The molecule has 8 heteroatoms. The molecule has 1 atom stereocenters. The summed E-state index contributed by atoms with van der Waals surface area (Å²) in [5, 5.41) is 3.66. The Morgan fingerprint density at radius 3 is 2.87 bits per heavy atom. The van der Waals surface area contributed by atoms with Crippen LogP contribution in [-0.2, 0) is 9.47 Å². The number of carbonyl (C=O) groups excluding carboxylic acids is 1. The molecule has 0 aromatic carbocycles. The Hall–Kier alpha value is -1.77. The zero-order valence-corrected chi connectivity index (χ0v) is 14.5. The van der Waals surface area contributed by atoms with E-state index in [0.717, 1.165) is 0 Å². The summed E-state index contributed by atoms with van der Waals surface area (Å²) in [6, 6.07) is -0.129. The maximum absolute atomic E-state index is 12.4. The summed E-state index contributed by atoms with van der Waals surface area (Å²) in [5.41, 5.74) is 0.374. The van der Waals surface area contributed by atoms with E-state index in [1.165, 1.54) is 11.3 Å². The second kappa shape index (κ2) is 7.67. The summed E-state index contributed by atoms with van der Waals surface area (Å²) in [7, 11) is 1.63. The highest BCUT2D eigenvalue weighted by Crippen LogP contribution is 2.28. The maximum Gasteiger partial charge on any atom is 0.348 e. The number of H-pyrrole nitrogens is 1. The molecule has 0 radical (unpaired) electrons. The van der Waals surface area contributed by atoms with Gasteiger partial charge < -0.3 is 19.8 Å². The second-order valence-corrected chi connectivity index (χ2v) is 6.08. The Morgan fingerprint density at radius 1 is 1.48 bits per heavy atom. The van der Waals surface area contributed by atoms with Crippen LogP contribution >= 0.6 is 11.3 Å². The van der Waals surface area contributed by atoms with Crippen molar-refractivity contribution in [1.29, 1.82) is 0 Å². The van der Waals surface area contributed by atoms with Crippen molar-refractivity contribution in [2.75, 3.05) is 26.9 Å². The molecule has 0 amide bonds. The predicted molar refractivity (Wildman–Crippen MR) is 89.2 cm³/mol. The molecule has 2 N–H and O–H groups in total. The number of aryl methyl sites for hydroxylation is 1. The lowest BCUT2D eigenvalue weighted by Gasteiger charge is -2.12. The largest absolute Gasteiger partial charge is 0.462 e. The third kappa shape index (κ3) is 3.77. The van der Waals surface area contributed by atoms with Crippen LogP contribution in [0.5, 0.6) is 0 Å². The van der Waals surface area contributed by atoms with Gasteiger partial charge in [0, 0.05) is 13.7 Å². The molecule has 2 aromatic rings. The smallest absolute Gasteiger partial charge is 0.348 e. The Morgan fingerprint density at radius 2 is 2.22 bits per heavy atom. The molecule has 0 saturated heterocycles. The first kappa shape index (κ1) is 17.6. The van der Waals surface area contributed by atoms with Crippen LogP contribution in [0.2, 0.25) is 0 Å². The van der Waals surface area contributed by atoms with E-state index in [1.807, 2.05) is 6.92 Å². The molecule has 0 aliphatic heterocycles. The fourth-order valence-corrected chi connectivity index (χ4v) is 3.31. The lowest BCUT2D eigenvalue weighted by atomic mass is 10.2. The molecule has 0 saturated carbocycles. The molecule has 23 heavy (non-hydrogen) atoms. The SMILES string of the molecule is CCOC(=O)c1sc2nc([C@H](C)NCCOC)[nH]c(=O)c2c1C. The predicted octanol–water partition coefficient (Wildman–Crippen LogP) is 1.77. The van der Waals surface area contributed by atoms with Crippen LogP contribution in [0.3, 0.4) is 0 Å². The van der Waals surface area contributed by atoms with Gasteiger partial charge in [0.2, 0.25) is 0 Å². The molecule has 0 spiro atoms. The summed E-state index contributed by atoms with van der Waals surface area (Å²) in [6.45, 7) is 6.91. The van der Waals surface area contributed by atoms with Gasteiger partial charge in [-0.1, -0.05) is 0 Å². The third-order valence-corrected chi connectivity index (χ3v) is 4.61. The van der Waals surface area contributed by atoms with Crippen molar-refractivity contribution in [3.05, 3.63) is 26.6 Å². The van der Waals surface area contributed by atoms with Crippen molar-refractivity contribution in [2.45, 2.75) is 26.8 Å². The van der Waals surface area contributed by atoms with Gasteiger partial charge in [-0.3, -0.25) is 4.79 Å². The van der Waals surface area contributed by atoms with Gasteiger partial charge in [-0.05, 0) is 26.3 Å². The minimum Gasteiger partial charge on any atom is -0.462 e. The number of nitrogens with one attached hydrogen (secondary N) is 2. The van der Waals surface area contributed by atoms with Crippen molar-refractivity contribution in [2.24, 2.45) is 0 Å². The summed E-state index contributed by atoms with van der Waals surface area (Å²) >= 11 is 1.19. The average molecular weight is 339 g/mol. The molecule has 0 aliphatic carbocycles. The molecule has 0 unspecified atom stereocenters. The van der Waals surface area contributed by atoms with Gasteiger partial charge in [-0.15, -0.1) is 11.3 Å². The fourth-order valence-electron chi connectivity index (χ4n) is 2.23. The number of ether oxygens (including phenoxy) is 2. The molecular weight excluding hydrogens is 318 g/mol. The van der Waals surface area contributed by atoms with Gasteiger partial charge in [0.1, 0.15) is 15.5 Å². The Kier molecular flexibility index (Phi) is 5.86. The van der Waals surface area contributed by atoms with Crippen LogP contribution in [0.25, 0.3) is 10.2 Å². The zero-order chi connectivity index (χ0) is 17.0. The monoisotopic (exact) mass is 339 g/mol. The van der Waals surface area contributed by atoms with Crippen LogP contribution in [0.15, 0.2) is 4.79 Å². The number of esters is 1. The first-order chi connectivity index (χ1) is 11.0. The topological polar surface area (TPSA) is 93.3 Å². The number of carbonyl (C=O) groups is 1. The lowest BCUT2D eigenvalue weighted by molar-refractivity contribution is 0.0531. The summed E-state index contributed by atoms with van der Waals surface area (Å²) in [4.78, 5) is 32.6.